The van der Waals surface area contributed by atoms with E-state index in [1.54, 1.807) is 0 Å². The number of nitrogens with two attached hydrogens (primary N) is 1. The smallest absolute Gasteiger partial charge is 0.125 e. The quantitative estimate of drug-likeness (QED) is 0.813. The summed E-state index contributed by atoms with van der Waals surface area (Å²) in [4.78, 5) is 0. The molecule has 2 rings (SSSR count). The van der Waals surface area contributed by atoms with E-state index in [2.05, 4.69) is 0 Å². The van der Waals surface area contributed by atoms with E-state index in [0.717, 1.165) is 31.6 Å². The van der Waals surface area contributed by atoms with Crippen LogP contribution in [-0.2, 0) is 15.1 Å². The topological polar surface area (TPSA) is 64.7 Å². The molecule has 1 saturated heterocycles. The molecule has 0 radical (unpaired) electrons. The van der Waals surface area contributed by atoms with Crippen LogP contribution in [0.4, 0.5) is 0 Å². The van der Waals surface area contributed by atoms with Crippen LogP contribution in [0, 0.1) is 5.92 Å². The second kappa shape index (κ2) is 7.01. The molecule has 1 aromatic rings. The summed E-state index contributed by atoms with van der Waals surface area (Å²) in [7, 11) is 0. The average molecular weight is 265 g/mol. The van der Waals surface area contributed by atoms with Gasteiger partial charge in [-0.1, -0.05) is 30.3 Å². The third kappa shape index (κ3) is 4.01. The maximum absolute atomic E-state index is 10.5. The van der Waals surface area contributed by atoms with Gasteiger partial charge < -0.3 is 20.3 Å². The Bertz CT molecular complexity index is 365. The summed E-state index contributed by atoms with van der Waals surface area (Å²) in [6, 6.07) is 9.47. The van der Waals surface area contributed by atoms with Crippen molar-refractivity contribution >= 4 is 0 Å². The van der Waals surface area contributed by atoms with Gasteiger partial charge in [-0.25, -0.2) is 0 Å². The molecule has 0 bridgehead atoms. The standard InChI is InChI=1S/C15H23NO3/c16-11-15(17,14-4-2-1-3-5-14)12-19-10-13-6-8-18-9-7-13/h1-5,13,17H,6-12,16H2. The molecule has 4 heteroatoms. The lowest BCUT2D eigenvalue weighted by Gasteiger charge is -2.28. The first-order valence-electron chi connectivity index (χ1n) is 6.88. The first kappa shape index (κ1) is 14.5. The highest BCUT2D eigenvalue weighted by molar-refractivity contribution is 5.22. The number of hydrogen-bond acceptors (Lipinski definition) is 4. The molecule has 0 amide bonds. The van der Waals surface area contributed by atoms with E-state index in [9.17, 15) is 5.11 Å². The van der Waals surface area contributed by atoms with Crippen LogP contribution >= 0.6 is 0 Å². The van der Waals surface area contributed by atoms with Crippen LogP contribution in [0.5, 0.6) is 0 Å². The summed E-state index contributed by atoms with van der Waals surface area (Å²) >= 11 is 0. The molecule has 1 atom stereocenters. The van der Waals surface area contributed by atoms with E-state index in [4.69, 9.17) is 15.2 Å². The summed E-state index contributed by atoms with van der Waals surface area (Å²) in [5.41, 5.74) is 5.43. The molecule has 106 valence electrons. The lowest BCUT2D eigenvalue weighted by Crippen LogP contribution is -2.40. The average Bonchev–Trinajstić information content (AvgIpc) is 2.49. The minimum Gasteiger partial charge on any atom is -0.381 e. The van der Waals surface area contributed by atoms with Gasteiger partial charge in [-0.2, -0.15) is 0 Å². The lowest BCUT2D eigenvalue weighted by atomic mass is 9.95. The summed E-state index contributed by atoms with van der Waals surface area (Å²) in [6.45, 7) is 2.69. The van der Waals surface area contributed by atoms with Crippen molar-refractivity contribution in [3.05, 3.63) is 35.9 Å². The third-order valence-electron chi connectivity index (χ3n) is 3.68. The van der Waals surface area contributed by atoms with Crippen molar-refractivity contribution in [2.45, 2.75) is 18.4 Å². The Labute approximate surface area is 114 Å². The van der Waals surface area contributed by atoms with E-state index in [1.807, 2.05) is 30.3 Å². The Morgan fingerprint density at radius 3 is 2.58 bits per heavy atom. The van der Waals surface area contributed by atoms with E-state index < -0.39 is 5.60 Å². The Kier molecular flexibility index (Phi) is 5.34. The van der Waals surface area contributed by atoms with E-state index in [0.29, 0.717) is 12.5 Å². The highest BCUT2D eigenvalue weighted by atomic mass is 16.5. The van der Waals surface area contributed by atoms with Crippen molar-refractivity contribution in [2.24, 2.45) is 11.7 Å². The normalized spacial score (nSPS) is 20.1. The van der Waals surface area contributed by atoms with Gasteiger partial charge in [-0.05, 0) is 24.3 Å². The number of ether oxygens (including phenoxy) is 2. The van der Waals surface area contributed by atoms with Crippen molar-refractivity contribution in [3.63, 3.8) is 0 Å². The van der Waals surface area contributed by atoms with Crippen molar-refractivity contribution in [2.75, 3.05) is 33.0 Å². The zero-order valence-corrected chi connectivity index (χ0v) is 11.3. The summed E-state index contributed by atoms with van der Waals surface area (Å²) in [5.74, 6) is 0.534. The Morgan fingerprint density at radius 2 is 1.95 bits per heavy atom. The molecule has 1 heterocycles. The largest absolute Gasteiger partial charge is 0.381 e. The monoisotopic (exact) mass is 265 g/mol. The third-order valence-corrected chi connectivity index (χ3v) is 3.68. The van der Waals surface area contributed by atoms with Crippen LogP contribution in [0.3, 0.4) is 0 Å². The fourth-order valence-corrected chi connectivity index (χ4v) is 2.32. The fraction of sp³-hybridized carbons (Fsp3) is 0.600. The van der Waals surface area contributed by atoms with Gasteiger partial charge in [0.25, 0.3) is 0 Å². The van der Waals surface area contributed by atoms with Crippen LogP contribution in [0.15, 0.2) is 30.3 Å². The minimum absolute atomic E-state index is 0.158. The number of benzene rings is 1. The van der Waals surface area contributed by atoms with Gasteiger partial charge in [0.1, 0.15) is 5.60 Å². The molecule has 1 unspecified atom stereocenters. The molecular formula is C15H23NO3. The van der Waals surface area contributed by atoms with E-state index in [1.165, 1.54) is 0 Å². The molecule has 4 nitrogen and oxygen atoms in total. The molecule has 19 heavy (non-hydrogen) atoms. The van der Waals surface area contributed by atoms with Crippen LogP contribution < -0.4 is 5.73 Å². The van der Waals surface area contributed by atoms with Gasteiger partial charge >= 0.3 is 0 Å². The lowest BCUT2D eigenvalue weighted by molar-refractivity contribution is -0.0620. The van der Waals surface area contributed by atoms with Crippen LogP contribution in [-0.4, -0.2) is 38.1 Å². The SMILES string of the molecule is NCC(O)(COCC1CCOCC1)c1ccccc1. The maximum Gasteiger partial charge on any atom is 0.125 e. The highest BCUT2D eigenvalue weighted by Gasteiger charge is 2.28. The van der Waals surface area contributed by atoms with Gasteiger partial charge in [-0.15, -0.1) is 0 Å². The van der Waals surface area contributed by atoms with Crippen molar-refractivity contribution in [1.82, 2.24) is 0 Å². The molecule has 1 fully saturated rings. The van der Waals surface area contributed by atoms with Crippen LogP contribution in [0.25, 0.3) is 0 Å². The van der Waals surface area contributed by atoms with E-state index in [-0.39, 0.29) is 13.2 Å². The number of aliphatic hydroxyl groups is 1. The minimum atomic E-state index is -1.09. The van der Waals surface area contributed by atoms with Gasteiger partial charge in [-0.3, -0.25) is 0 Å². The second-order valence-electron chi connectivity index (χ2n) is 5.17. The van der Waals surface area contributed by atoms with Gasteiger partial charge in [0.15, 0.2) is 0 Å². The molecular weight excluding hydrogens is 242 g/mol. The number of rotatable bonds is 6. The molecule has 0 aliphatic carbocycles. The van der Waals surface area contributed by atoms with Gasteiger partial charge in [0.05, 0.1) is 6.61 Å². The van der Waals surface area contributed by atoms with Crippen molar-refractivity contribution < 1.29 is 14.6 Å². The van der Waals surface area contributed by atoms with Crippen LogP contribution in [0.1, 0.15) is 18.4 Å². The molecule has 3 N–H and O–H groups in total. The maximum atomic E-state index is 10.5. The van der Waals surface area contributed by atoms with Gasteiger partial charge in [0, 0.05) is 26.4 Å². The summed E-state index contributed by atoms with van der Waals surface area (Å²) in [5, 5.41) is 10.5. The Morgan fingerprint density at radius 1 is 1.26 bits per heavy atom. The molecule has 1 aliphatic heterocycles. The zero-order chi connectivity index (χ0) is 13.6. The van der Waals surface area contributed by atoms with E-state index >= 15 is 0 Å². The molecule has 0 aromatic heterocycles. The Balaban J connectivity index is 1.85. The first-order valence-corrected chi connectivity index (χ1v) is 6.88. The summed E-state index contributed by atoms with van der Waals surface area (Å²) < 4.78 is 11.0. The van der Waals surface area contributed by atoms with Gasteiger partial charge in [0.2, 0.25) is 0 Å². The highest BCUT2D eigenvalue weighted by Crippen LogP contribution is 2.21. The first-order chi connectivity index (χ1) is 9.24. The second-order valence-corrected chi connectivity index (χ2v) is 5.17. The predicted octanol–water partition coefficient (Wildman–Crippen LogP) is 1.28. The van der Waals surface area contributed by atoms with Crippen LogP contribution in [0.2, 0.25) is 0 Å². The molecule has 1 aliphatic rings. The Hall–Kier alpha value is -0.940. The molecule has 1 aromatic carbocycles. The zero-order valence-electron chi connectivity index (χ0n) is 11.3. The predicted molar refractivity (Wildman–Crippen MR) is 73.8 cm³/mol. The number of hydrogen-bond donors (Lipinski definition) is 2. The molecule has 0 spiro atoms. The summed E-state index contributed by atoms with van der Waals surface area (Å²) in [6.07, 6.45) is 2.07. The van der Waals surface area contributed by atoms with Crippen molar-refractivity contribution in [1.29, 1.82) is 0 Å². The fourth-order valence-electron chi connectivity index (χ4n) is 2.32. The molecule has 0 saturated carbocycles. The van der Waals surface area contributed by atoms with Crippen molar-refractivity contribution in [3.8, 4) is 0 Å².